The van der Waals surface area contributed by atoms with Crippen molar-refractivity contribution in [3.63, 3.8) is 0 Å². The lowest BCUT2D eigenvalue weighted by Gasteiger charge is -2.06. The standard InChI is InChI=1S/C14H15F3N2/c1-10(2)11-3-5-12(6-4-11)13-7-18-19(8-13)9-14(15,16)17/h3-8,10H,9H2,1-2H3. The smallest absolute Gasteiger partial charge is 0.263 e. The van der Waals surface area contributed by atoms with E-state index in [1.807, 2.05) is 24.3 Å². The Morgan fingerprint density at radius 2 is 1.74 bits per heavy atom. The Morgan fingerprint density at radius 1 is 1.11 bits per heavy atom. The first kappa shape index (κ1) is 13.6. The average molecular weight is 268 g/mol. The number of benzene rings is 1. The van der Waals surface area contributed by atoms with E-state index in [1.54, 1.807) is 0 Å². The number of halogens is 3. The molecule has 0 spiro atoms. The molecule has 0 radical (unpaired) electrons. The van der Waals surface area contributed by atoms with Crippen molar-refractivity contribution in [3.05, 3.63) is 42.2 Å². The van der Waals surface area contributed by atoms with E-state index in [1.165, 1.54) is 18.0 Å². The zero-order valence-corrected chi connectivity index (χ0v) is 10.8. The number of hydrogen-bond acceptors (Lipinski definition) is 1. The molecular formula is C14H15F3N2. The molecule has 19 heavy (non-hydrogen) atoms. The quantitative estimate of drug-likeness (QED) is 0.814. The first-order chi connectivity index (χ1) is 8.85. The monoisotopic (exact) mass is 268 g/mol. The zero-order chi connectivity index (χ0) is 14.0. The SMILES string of the molecule is CC(C)c1ccc(-c2cnn(CC(F)(F)F)c2)cc1. The summed E-state index contributed by atoms with van der Waals surface area (Å²) in [7, 11) is 0. The van der Waals surface area contributed by atoms with Crippen LogP contribution in [0.5, 0.6) is 0 Å². The highest BCUT2D eigenvalue weighted by atomic mass is 19.4. The third-order valence-electron chi connectivity index (χ3n) is 2.89. The molecule has 0 amide bonds. The highest BCUT2D eigenvalue weighted by Crippen LogP contribution is 2.23. The van der Waals surface area contributed by atoms with E-state index in [9.17, 15) is 13.2 Å². The molecule has 2 nitrogen and oxygen atoms in total. The normalized spacial score (nSPS) is 12.1. The summed E-state index contributed by atoms with van der Waals surface area (Å²) in [6.45, 7) is 3.13. The van der Waals surface area contributed by atoms with Crippen molar-refractivity contribution in [1.82, 2.24) is 9.78 Å². The van der Waals surface area contributed by atoms with E-state index in [4.69, 9.17) is 0 Å². The average Bonchev–Trinajstić information content (AvgIpc) is 2.75. The van der Waals surface area contributed by atoms with Crippen LogP contribution in [0.25, 0.3) is 11.1 Å². The van der Waals surface area contributed by atoms with Gasteiger partial charge in [-0.05, 0) is 17.0 Å². The van der Waals surface area contributed by atoms with Crippen LogP contribution < -0.4 is 0 Å². The van der Waals surface area contributed by atoms with Gasteiger partial charge >= 0.3 is 6.18 Å². The van der Waals surface area contributed by atoms with E-state index in [2.05, 4.69) is 18.9 Å². The second kappa shape index (κ2) is 5.07. The van der Waals surface area contributed by atoms with Crippen LogP contribution in [0, 0.1) is 0 Å². The predicted molar refractivity (Wildman–Crippen MR) is 67.8 cm³/mol. The highest BCUT2D eigenvalue weighted by Gasteiger charge is 2.28. The van der Waals surface area contributed by atoms with Gasteiger partial charge in [-0.3, -0.25) is 4.68 Å². The van der Waals surface area contributed by atoms with Gasteiger partial charge in [-0.25, -0.2) is 0 Å². The third kappa shape index (κ3) is 3.59. The van der Waals surface area contributed by atoms with Crippen molar-refractivity contribution in [2.75, 3.05) is 0 Å². The van der Waals surface area contributed by atoms with E-state index in [-0.39, 0.29) is 0 Å². The molecule has 0 unspecified atom stereocenters. The minimum Gasteiger partial charge on any atom is -0.263 e. The van der Waals surface area contributed by atoms with Gasteiger partial charge in [-0.15, -0.1) is 0 Å². The molecule has 0 fully saturated rings. The molecule has 0 aliphatic heterocycles. The first-order valence-corrected chi connectivity index (χ1v) is 6.05. The van der Waals surface area contributed by atoms with Crippen LogP contribution in [0.1, 0.15) is 25.3 Å². The molecule has 2 aromatic rings. The molecule has 2 rings (SSSR count). The summed E-state index contributed by atoms with van der Waals surface area (Å²) in [5.74, 6) is 0.432. The van der Waals surface area contributed by atoms with Crippen LogP contribution in [-0.2, 0) is 6.54 Å². The molecule has 0 saturated carbocycles. The Labute approximate surface area is 109 Å². The van der Waals surface area contributed by atoms with Crippen molar-refractivity contribution in [1.29, 1.82) is 0 Å². The molecule has 1 aromatic carbocycles. The summed E-state index contributed by atoms with van der Waals surface area (Å²) in [4.78, 5) is 0. The van der Waals surface area contributed by atoms with E-state index in [0.717, 1.165) is 10.2 Å². The number of hydrogen-bond donors (Lipinski definition) is 0. The molecule has 0 atom stereocenters. The molecule has 0 aliphatic carbocycles. The lowest BCUT2D eigenvalue weighted by molar-refractivity contribution is -0.142. The van der Waals surface area contributed by atoms with Gasteiger partial charge in [0.25, 0.3) is 0 Å². The lowest BCUT2D eigenvalue weighted by Crippen LogP contribution is -2.17. The molecule has 0 bridgehead atoms. The van der Waals surface area contributed by atoms with E-state index >= 15 is 0 Å². The molecule has 5 heteroatoms. The van der Waals surface area contributed by atoms with Gasteiger partial charge in [-0.2, -0.15) is 18.3 Å². The maximum absolute atomic E-state index is 12.2. The Morgan fingerprint density at radius 3 is 2.26 bits per heavy atom. The van der Waals surface area contributed by atoms with E-state index < -0.39 is 12.7 Å². The Balaban J connectivity index is 2.18. The number of rotatable bonds is 3. The number of nitrogens with zero attached hydrogens (tertiary/aromatic N) is 2. The second-order valence-electron chi connectivity index (χ2n) is 4.82. The lowest BCUT2D eigenvalue weighted by atomic mass is 10.0. The number of alkyl halides is 3. The van der Waals surface area contributed by atoms with Crippen molar-refractivity contribution in [2.45, 2.75) is 32.5 Å². The Kier molecular flexibility index (Phi) is 3.64. The zero-order valence-electron chi connectivity index (χ0n) is 10.8. The van der Waals surface area contributed by atoms with Gasteiger partial charge in [0.2, 0.25) is 0 Å². The van der Waals surface area contributed by atoms with Crippen LogP contribution in [0.2, 0.25) is 0 Å². The minimum absolute atomic E-state index is 0.432. The fourth-order valence-electron chi connectivity index (χ4n) is 1.84. The third-order valence-corrected chi connectivity index (χ3v) is 2.89. The second-order valence-corrected chi connectivity index (χ2v) is 4.82. The van der Waals surface area contributed by atoms with Gasteiger partial charge in [0.1, 0.15) is 6.54 Å². The fraction of sp³-hybridized carbons (Fsp3) is 0.357. The summed E-state index contributed by atoms with van der Waals surface area (Å²) in [6.07, 6.45) is -1.38. The molecule has 1 aromatic heterocycles. The van der Waals surface area contributed by atoms with Crippen LogP contribution in [0.3, 0.4) is 0 Å². The fourth-order valence-corrected chi connectivity index (χ4v) is 1.84. The van der Waals surface area contributed by atoms with Crippen LogP contribution in [-0.4, -0.2) is 16.0 Å². The van der Waals surface area contributed by atoms with Gasteiger partial charge in [-0.1, -0.05) is 38.1 Å². The number of aromatic nitrogens is 2. The summed E-state index contributed by atoms with van der Waals surface area (Å²) >= 11 is 0. The Hall–Kier alpha value is -1.78. The van der Waals surface area contributed by atoms with Crippen molar-refractivity contribution in [3.8, 4) is 11.1 Å². The summed E-state index contributed by atoms with van der Waals surface area (Å²) < 4.78 is 37.6. The molecule has 102 valence electrons. The summed E-state index contributed by atoms with van der Waals surface area (Å²) in [6, 6.07) is 7.79. The van der Waals surface area contributed by atoms with Gasteiger partial charge in [0.15, 0.2) is 0 Å². The summed E-state index contributed by atoms with van der Waals surface area (Å²) in [5, 5.41) is 3.73. The van der Waals surface area contributed by atoms with Gasteiger partial charge < -0.3 is 0 Å². The molecule has 0 saturated heterocycles. The van der Waals surface area contributed by atoms with Crippen molar-refractivity contribution in [2.24, 2.45) is 0 Å². The van der Waals surface area contributed by atoms with Crippen molar-refractivity contribution >= 4 is 0 Å². The van der Waals surface area contributed by atoms with E-state index in [0.29, 0.717) is 11.5 Å². The first-order valence-electron chi connectivity index (χ1n) is 6.05. The molecule has 1 heterocycles. The van der Waals surface area contributed by atoms with Gasteiger partial charge in [0, 0.05) is 11.8 Å². The van der Waals surface area contributed by atoms with Gasteiger partial charge in [0.05, 0.1) is 6.20 Å². The maximum Gasteiger partial charge on any atom is 0.408 e. The van der Waals surface area contributed by atoms with Crippen molar-refractivity contribution < 1.29 is 13.2 Å². The highest BCUT2D eigenvalue weighted by molar-refractivity contribution is 5.62. The molecule has 0 aliphatic rings. The van der Waals surface area contributed by atoms with Crippen LogP contribution >= 0.6 is 0 Å². The predicted octanol–water partition coefficient (Wildman–Crippen LogP) is 4.24. The summed E-state index contributed by atoms with van der Waals surface area (Å²) in [5.41, 5.74) is 2.77. The molecule has 0 N–H and O–H groups in total. The topological polar surface area (TPSA) is 17.8 Å². The Bertz CT molecular complexity index is 539. The minimum atomic E-state index is -4.25. The maximum atomic E-state index is 12.2. The largest absolute Gasteiger partial charge is 0.408 e. The van der Waals surface area contributed by atoms with Crippen LogP contribution in [0.4, 0.5) is 13.2 Å². The molecular weight excluding hydrogens is 253 g/mol. The van der Waals surface area contributed by atoms with Crippen LogP contribution in [0.15, 0.2) is 36.7 Å².